The van der Waals surface area contributed by atoms with E-state index in [9.17, 15) is 9.59 Å². The van der Waals surface area contributed by atoms with Gasteiger partial charge in [0.2, 0.25) is 0 Å². The number of likely N-dealkylation sites (N-methyl/N-ethyl adjacent to an activating group) is 1. The number of anilines is 1. The number of nitrogens with zero attached hydrogens (tertiary/aromatic N) is 2. The van der Waals surface area contributed by atoms with E-state index in [0.717, 1.165) is 19.5 Å². The van der Waals surface area contributed by atoms with Crippen LogP contribution in [-0.4, -0.2) is 54.8 Å². The zero-order chi connectivity index (χ0) is 14.7. The van der Waals surface area contributed by atoms with Crippen molar-refractivity contribution in [1.29, 1.82) is 0 Å². The molecule has 0 saturated carbocycles. The van der Waals surface area contributed by atoms with E-state index < -0.39 is 0 Å². The number of hydrogen-bond acceptors (Lipinski definition) is 3. The molecule has 1 N–H and O–H groups in total. The zero-order valence-corrected chi connectivity index (χ0v) is 12.2. The Kier molecular flexibility index (Phi) is 4.39. The Morgan fingerprint density at radius 3 is 2.40 bits per heavy atom. The van der Waals surface area contributed by atoms with Crippen molar-refractivity contribution in [2.75, 3.05) is 32.5 Å². The Labute approximate surface area is 119 Å². The number of benzene rings is 1. The minimum Gasteiger partial charge on any atom is -0.323 e. The van der Waals surface area contributed by atoms with Crippen LogP contribution in [0.25, 0.3) is 0 Å². The summed E-state index contributed by atoms with van der Waals surface area (Å²) in [4.78, 5) is 27.3. The average molecular weight is 275 g/mol. The summed E-state index contributed by atoms with van der Waals surface area (Å²) in [5, 5.41) is 2.87. The molecule has 5 heteroatoms. The minimum atomic E-state index is -0.0788. The molecule has 2 amide bonds. The standard InChI is InChI=1S/C15H21N3O2/c1-11(19)12-4-6-13(7-5-12)16-15(20)18-9-8-14(10-18)17(2)3/h4-7,14H,8-10H2,1-3H3,(H,16,20). The summed E-state index contributed by atoms with van der Waals surface area (Å²) in [6.07, 6.45) is 1.00. The largest absolute Gasteiger partial charge is 0.323 e. The van der Waals surface area contributed by atoms with Gasteiger partial charge in [0.25, 0.3) is 0 Å². The molecule has 2 rings (SSSR count). The lowest BCUT2D eigenvalue weighted by Crippen LogP contribution is -2.36. The first-order valence-electron chi connectivity index (χ1n) is 6.80. The second-order valence-corrected chi connectivity index (χ2v) is 5.42. The van der Waals surface area contributed by atoms with Crippen molar-refractivity contribution in [3.05, 3.63) is 29.8 Å². The normalized spacial score (nSPS) is 18.4. The van der Waals surface area contributed by atoms with Gasteiger partial charge in [0.05, 0.1) is 0 Å². The first kappa shape index (κ1) is 14.5. The number of ketones is 1. The maximum absolute atomic E-state index is 12.1. The lowest BCUT2D eigenvalue weighted by Gasteiger charge is -2.20. The van der Waals surface area contributed by atoms with Crippen LogP contribution < -0.4 is 5.32 Å². The van der Waals surface area contributed by atoms with Crippen LogP contribution in [0.1, 0.15) is 23.7 Å². The molecule has 0 radical (unpaired) electrons. The average Bonchev–Trinajstić information content (AvgIpc) is 2.89. The molecule has 0 spiro atoms. The molecule has 108 valence electrons. The molecule has 1 aromatic rings. The van der Waals surface area contributed by atoms with Crippen LogP contribution in [0.15, 0.2) is 24.3 Å². The third kappa shape index (κ3) is 3.36. The number of hydrogen-bond donors (Lipinski definition) is 1. The molecule has 1 aromatic carbocycles. The summed E-state index contributed by atoms with van der Waals surface area (Å²) in [5.74, 6) is 0.0243. The Bertz CT molecular complexity index is 496. The third-order valence-electron chi connectivity index (χ3n) is 3.72. The van der Waals surface area contributed by atoms with Crippen molar-refractivity contribution in [3.8, 4) is 0 Å². The lowest BCUT2D eigenvalue weighted by molar-refractivity contribution is 0.101. The molecule has 1 aliphatic rings. The molecular formula is C15H21N3O2. The number of urea groups is 1. The highest BCUT2D eigenvalue weighted by atomic mass is 16.2. The third-order valence-corrected chi connectivity index (χ3v) is 3.72. The van der Waals surface area contributed by atoms with Crippen LogP contribution in [0.3, 0.4) is 0 Å². The van der Waals surface area contributed by atoms with Crippen LogP contribution in [0.5, 0.6) is 0 Å². The van der Waals surface area contributed by atoms with Gasteiger partial charge in [0.1, 0.15) is 0 Å². The van der Waals surface area contributed by atoms with Gasteiger partial charge in [-0.3, -0.25) is 4.79 Å². The molecule has 0 aliphatic carbocycles. The quantitative estimate of drug-likeness (QED) is 0.859. The first-order chi connectivity index (χ1) is 9.47. The topological polar surface area (TPSA) is 52.7 Å². The van der Waals surface area contributed by atoms with Crippen molar-refractivity contribution in [3.63, 3.8) is 0 Å². The lowest BCUT2D eigenvalue weighted by atomic mass is 10.1. The number of amides is 2. The fourth-order valence-electron chi connectivity index (χ4n) is 2.34. The SMILES string of the molecule is CC(=O)c1ccc(NC(=O)N2CCC(N(C)C)C2)cc1. The molecule has 1 aliphatic heterocycles. The summed E-state index contributed by atoms with van der Waals surface area (Å²) >= 11 is 0. The van der Waals surface area contributed by atoms with Gasteiger partial charge < -0.3 is 15.1 Å². The fraction of sp³-hybridized carbons (Fsp3) is 0.467. The molecule has 0 aromatic heterocycles. The highest BCUT2D eigenvalue weighted by molar-refractivity contribution is 5.95. The van der Waals surface area contributed by atoms with Crippen LogP contribution in [0.2, 0.25) is 0 Å². The van der Waals surface area contributed by atoms with E-state index in [0.29, 0.717) is 17.3 Å². The summed E-state index contributed by atoms with van der Waals surface area (Å²) < 4.78 is 0. The number of rotatable bonds is 3. The Balaban J connectivity index is 1.93. The number of likely N-dealkylation sites (tertiary alicyclic amines) is 1. The predicted molar refractivity (Wildman–Crippen MR) is 79.1 cm³/mol. The predicted octanol–water partition coefficient (Wildman–Crippen LogP) is 2.06. The van der Waals surface area contributed by atoms with Crippen molar-refractivity contribution < 1.29 is 9.59 Å². The van der Waals surface area contributed by atoms with Gasteiger partial charge in [-0.25, -0.2) is 4.79 Å². The highest BCUT2D eigenvalue weighted by Crippen LogP contribution is 2.16. The molecule has 1 saturated heterocycles. The Morgan fingerprint density at radius 2 is 1.90 bits per heavy atom. The molecule has 1 atom stereocenters. The highest BCUT2D eigenvalue weighted by Gasteiger charge is 2.27. The Hall–Kier alpha value is -1.88. The van der Waals surface area contributed by atoms with Crippen LogP contribution in [0.4, 0.5) is 10.5 Å². The second-order valence-electron chi connectivity index (χ2n) is 5.42. The van der Waals surface area contributed by atoms with Crippen molar-refractivity contribution in [2.45, 2.75) is 19.4 Å². The van der Waals surface area contributed by atoms with Gasteiger partial charge in [-0.05, 0) is 51.7 Å². The van der Waals surface area contributed by atoms with Gasteiger partial charge in [-0.2, -0.15) is 0 Å². The molecule has 5 nitrogen and oxygen atoms in total. The van der Waals surface area contributed by atoms with E-state index in [1.807, 2.05) is 19.0 Å². The summed E-state index contributed by atoms with van der Waals surface area (Å²) in [6.45, 7) is 3.06. The van der Waals surface area contributed by atoms with Crippen LogP contribution in [-0.2, 0) is 0 Å². The van der Waals surface area contributed by atoms with Gasteiger partial charge >= 0.3 is 6.03 Å². The fourth-order valence-corrected chi connectivity index (χ4v) is 2.34. The van der Waals surface area contributed by atoms with Crippen molar-refractivity contribution >= 4 is 17.5 Å². The maximum Gasteiger partial charge on any atom is 0.321 e. The molecule has 1 heterocycles. The van der Waals surface area contributed by atoms with Gasteiger partial charge in [0.15, 0.2) is 5.78 Å². The van der Waals surface area contributed by atoms with Gasteiger partial charge in [0, 0.05) is 30.4 Å². The van der Waals surface area contributed by atoms with E-state index in [1.165, 1.54) is 6.92 Å². The van der Waals surface area contributed by atoms with Crippen molar-refractivity contribution in [1.82, 2.24) is 9.80 Å². The number of carbonyl (C=O) groups excluding carboxylic acids is 2. The van der Waals surface area contributed by atoms with Gasteiger partial charge in [-0.1, -0.05) is 0 Å². The minimum absolute atomic E-state index is 0.0243. The van der Waals surface area contributed by atoms with E-state index in [1.54, 1.807) is 24.3 Å². The van der Waals surface area contributed by atoms with E-state index in [-0.39, 0.29) is 11.8 Å². The van der Waals surface area contributed by atoms with Gasteiger partial charge in [-0.15, -0.1) is 0 Å². The number of nitrogens with one attached hydrogen (secondary N) is 1. The maximum atomic E-state index is 12.1. The Morgan fingerprint density at radius 1 is 1.25 bits per heavy atom. The van der Waals surface area contributed by atoms with E-state index >= 15 is 0 Å². The second kappa shape index (κ2) is 6.05. The van der Waals surface area contributed by atoms with Crippen LogP contribution >= 0.6 is 0 Å². The number of Topliss-reactive ketones (excluding diaryl/α,β-unsaturated/α-hetero) is 1. The zero-order valence-electron chi connectivity index (χ0n) is 12.2. The molecule has 1 fully saturated rings. The smallest absolute Gasteiger partial charge is 0.321 e. The van der Waals surface area contributed by atoms with E-state index in [4.69, 9.17) is 0 Å². The summed E-state index contributed by atoms with van der Waals surface area (Å²) in [5.41, 5.74) is 1.37. The molecular weight excluding hydrogens is 254 g/mol. The van der Waals surface area contributed by atoms with Crippen molar-refractivity contribution in [2.24, 2.45) is 0 Å². The summed E-state index contributed by atoms with van der Waals surface area (Å²) in [7, 11) is 4.07. The molecule has 1 unspecified atom stereocenters. The molecule has 20 heavy (non-hydrogen) atoms. The van der Waals surface area contributed by atoms with E-state index in [2.05, 4.69) is 10.2 Å². The summed E-state index contributed by atoms with van der Waals surface area (Å²) in [6, 6.07) is 7.32. The number of carbonyl (C=O) groups is 2. The van der Waals surface area contributed by atoms with Crippen LogP contribution in [0, 0.1) is 0 Å². The first-order valence-corrected chi connectivity index (χ1v) is 6.80. The monoisotopic (exact) mass is 275 g/mol. The molecule has 0 bridgehead atoms.